The van der Waals surface area contributed by atoms with Crippen LogP contribution in [-0.2, 0) is 21.9 Å². The normalized spacial score (nSPS) is 6.00. The van der Waals surface area contributed by atoms with Crippen molar-refractivity contribution in [2.45, 2.75) is 10.0 Å². The Morgan fingerprint density at radius 2 is 1.60 bits per heavy atom. The van der Waals surface area contributed by atoms with Gasteiger partial charge in [-0.15, -0.1) is 0 Å². The average Bonchev–Trinajstić information content (AvgIpc) is 1.91. The summed E-state index contributed by atoms with van der Waals surface area (Å²) < 4.78 is 0. The van der Waals surface area contributed by atoms with Gasteiger partial charge in [0.1, 0.15) is 0 Å². The summed E-state index contributed by atoms with van der Waals surface area (Å²) in [6, 6.07) is 0. The zero-order valence-electron chi connectivity index (χ0n) is 6.12. The predicted molar refractivity (Wildman–Crippen MR) is 38.7 cm³/mol. The van der Waals surface area contributed by atoms with Crippen molar-refractivity contribution < 1.29 is 27.0 Å². The van der Waals surface area contributed by atoms with E-state index in [1.54, 1.807) is 0 Å². The minimum atomic E-state index is -0.250. The van der Waals surface area contributed by atoms with Gasteiger partial charge in [0, 0.05) is 0 Å². The smallest absolute Gasteiger partial charge is 0.290 e. The van der Waals surface area contributed by atoms with Crippen molar-refractivity contribution in [1.29, 1.82) is 0 Å². The number of carbonyl (C=O) groups is 1. The van der Waals surface area contributed by atoms with Crippen molar-refractivity contribution in [1.82, 2.24) is 0 Å². The second kappa shape index (κ2) is 15.8. The summed E-state index contributed by atoms with van der Waals surface area (Å²) >= 11 is -0.184. The molecular formula is C7H12O2Zn. The van der Waals surface area contributed by atoms with E-state index in [0.717, 1.165) is 0 Å². The Labute approximate surface area is 69.2 Å². The molecule has 0 saturated heterocycles. The summed E-state index contributed by atoms with van der Waals surface area (Å²) in [6.45, 7) is 7.04. The number of hydrogen-bond acceptors (Lipinski definition) is 1. The van der Waals surface area contributed by atoms with Gasteiger partial charge in [-0.05, 0) is 0 Å². The molecular weight excluding hydrogens is 181 g/mol. The second-order valence-electron chi connectivity index (χ2n) is 1.61. The molecule has 0 aromatic heterocycles. The van der Waals surface area contributed by atoms with Crippen molar-refractivity contribution in [3.05, 3.63) is 25.3 Å². The second-order valence-corrected chi connectivity index (χ2v) is 5.52. The maximum absolute atomic E-state index is 8.36. The Kier molecular flexibility index (Phi) is 19.4. The third kappa shape index (κ3) is 25.6. The first-order valence-electron chi connectivity index (χ1n) is 3.13. The maximum atomic E-state index is 8.36. The first-order chi connectivity index (χ1) is 4.83. The Morgan fingerprint density at radius 3 is 1.80 bits per heavy atom. The first-order valence-corrected chi connectivity index (χ1v) is 7.32. The third-order valence-electron chi connectivity index (χ3n) is 0.816. The molecule has 1 N–H and O–H groups in total. The molecule has 0 amide bonds. The van der Waals surface area contributed by atoms with Crippen LogP contribution in [0.25, 0.3) is 0 Å². The van der Waals surface area contributed by atoms with Gasteiger partial charge in [-0.25, -0.2) is 0 Å². The number of allylic oxidation sites excluding steroid dienone is 2. The number of carboxylic acid groups (broad SMARTS) is 1. The molecule has 0 spiro atoms. The van der Waals surface area contributed by atoms with Crippen LogP contribution in [0.1, 0.15) is 0 Å². The summed E-state index contributed by atoms with van der Waals surface area (Å²) in [6.07, 6.45) is 4.03. The topological polar surface area (TPSA) is 37.3 Å². The average molecular weight is 194 g/mol. The van der Waals surface area contributed by atoms with Crippen LogP contribution < -0.4 is 0 Å². The third-order valence-corrected chi connectivity index (χ3v) is 4.24. The van der Waals surface area contributed by atoms with Gasteiger partial charge in [-0.2, -0.15) is 0 Å². The molecule has 0 radical (unpaired) electrons. The standard InChI is InChI=1S/2C3H5.CH2O2.Zn/c2*1-3-2;2-1-3;/h2*3H,1-2H2;1H,(H,2,3);. The van der Waals surface area contributed by atoms with Crippen LogP contribution in [0.2, 0.25) is 10.0 Å². The zero-order valence-corrected chi connectivity index (χ0v) is 9.09. The van der Waals surface area contributed by atoms with Gasteiger partial charge in [-0.1, -0.05) is 0 Å². The van der Waals surface area contributed by atoms with Crippen LogP contribution in [0.4, 0.5) is 0 Å². The van der Waals surface area contributed by atoms with Gasteiger partial charge >= 0.3 is 52.5 Å². The number of hydrogen-bond donors (Lipinski definition) is 1. The summed E-state index contributed by atoms with van der Waals surface area (Å²) in [4.78, 5) is 8.36. The minimum absolute atomic E-state index is 0.184. The summed E-state index contributed by atoms with van der Waals surface area (Å²) in [5.41, 5.74) is 0. The van der Waals surface area contributed by atoms with Crippen molar-refractivity contribution >= 4 is 6.47 Å². The SMILES string of the molecule is C=C[CH2][Zn][CH2]C=C.O=CO. The van der Waals surface area contributed by atoms with Crippen molar-refractivity contribution in [2.24, 2.45) is 0 Å². The molecule has 54 valence electrons. The summed E-state index contributed by atoms with van der Waals surface area (Å²) in [5, 5.41) is 9.50. The van der Waals surface area contributed by atoms with Gasteiger partial charge in [0.2, 0.25) is 0 Å². The van der Waals surface area contributed by atoms with Crippen molar-refractivity contribution in [3.8, 4) is 0 Å². The molecule has 0 unspecified atom stereocenters. The molecule has 0 fully saturated rings. The van der Waals surface area contributed by atoms with Crippen molar-refractivity contribution in [3.63, 3.8) is 0 Å². The van der Waals surface area contributed by atoms with E-state index in [1.165, 1.54) is 10.0 Å². The largest absolute Gasteiger partial charge is 0.483 e. The monoisotopic (exact) mass is 192 g/mol. The minimum Gasteiger partial charge on any atom is -0.483 e. The maximum Gasteiger partial charge on any atom is 0.290 e. The van der Waals surface area contributed by atoms with Crippen LogP contribution in [0, 0.1) is 0 Å². The fourth-order valence-corrected chi connectivity index (χ4v) is 2.11. The van der Waals surface area contributed by atoms with Gasteiger partial charge in [0.15, 0.2) is 0 Å². The Balaban J connectivity index is 0. The fourth-order valence-electron chi connectivity index (χ4n) is 0.407. The van der Waals surface area contributed by atoms with E-state index in [2.05, 4.69) is 13.2 Å². The van der Waals surface area contributed by atoms with Crippen LogP contribution in [0.15, 0.2) is 25.3 Å². The molecule has 0 heterocycles. The van der Waals surface area contributed by atoms with E-state index in [9.17, 15) is 0 Å². The predicted octanol–water partition coefficient (Wildman–Crippen LogP) is 1.98. The summed E-state index contributed by atoms with van der Waals surface area (Å²) in [7, 11) is 0. The van der Waals surface area contributed by atoms with Gasteiger partial charge in [0.25, 0.3) is 6.47 Å². The quantitative estimate of drug-likeness (QED) is 0.321. The van der Waals surface area contributed by atoms with Crippen LogP contribution >= 0.6 is 0 Å². The van der Waals surface area contributed by atoms with E-state index in [-0.39, 0.29) is 23.6 Å². The van der Waals surface area contributed by atoms with Crippen LogP contribution in [0.3, 0.4) is 0 Å². The Bertz CT molecular complexity index is 83.6. The molecule has 0 aromatic carbocycles. The zero-order chi connectivity index (χ0) is 8.24. The fraction of sp³-hybridized carbons (Fsp3) is 0.286. The Hall–Kier alpha value is -0.427. The van der Waals surface area contributed by atoms with E-state index >= 15 is 0 Å². The van der Waals surface area contributed by atoms with Crippen LogP contribution in [-0.4, -0.2) is 11.6 Å². The first kappa shape index (κ1) is 12.3. The van der Waals surface area contributed by atoms with Crippen LogP contribution in [0.5, 0.6) is 0 Å². The number of rotatable bonds is 4. The molecule has 0 aliphatic rings. The van der Waals surface area contributed by atoms with Crippen molar-refractivity contribution in [2.75, 3.05) is 0 Å². The Morgan fingerprint density at radius 1 is 1.30 bits per heavy atom. The molecule has 0 atom stereocenters. The summed E-state index contributed by atoms with van der Waals surface area (Å²) in [5.74, 6) is 0. The molecule has 0 aliphatic carbocycles. The molecule has 0 rings (SSSR count). The van der Waals surface area contributed by atoms with E-state index in [4.69, 9.17) is 9.90 Å². The molecule has 0 saturated carbocycles. The molecule has 0 aromatic rings. The van der Waals surface area contributed by atoms with Gasteiger partial charge in [-0.3, -0.25) is 4.79 Å². The molecule has 3 heteroatoms. The molecule has 2 nitrogen and oxygen atoms in total. The van der Waals surface area contributed by atoms with E-state index < -0.39 is 0 Å². The van der Waals surface area contributed by atoms with Gasteiger partial charge in [0.05, 0.1) is 0 Å². The van der Waals surface area contributed by atoms with Gasteiger partial charge < -0.3 is 5.11 Å². The van der Waals surface area contributed by atoms with E-state index in [0.29, 0.717) is 0 Å². The molecule has 0 aliphatic heterocycles. The molecule has 10 heavy (non-hydrogen) atoms. The molecule has 0 bridgehead atoms. The van der Waals surface area contributed by atoms with E-state index in [1.807, 2.05) is 12.2 Å².